The maximum Gasteiger partial charge on any atom is 0.255 e. The first-order valence-corrected chi connectivity index (χ1v) is 10.3. The van der Waals surface area contributed by atoms with E-state index in [2.05, 4.69) is 10.3 Å². The zero-order valence-corrected chi connectivity index (χ0v) is 16.5. The number of pyridine rings is 1. The Labute approximate surface area is 163 Å². The van der Waals surface area contributed by atoms with Crippen LogP contribution in [0.5, 0.6) is 0 Å². The number of benzene rings is 1. The van der Waals surface area contributed by atoms with Crippen LogP contribution in [0.4, 0.5) is 5.69 Å². The lowest BCUT2D eigenvalue weighted by Crippen LogP contribution is -2.48. The van der Waals surface area contributed by atoms with Crippen molar-refractivity contribution in [2.24, 2.45) is 0 Å². The molecule has 1 aromatic carbocycles. The van der Waals surface area contributed by atoms with Crippen molar-refractivity contribution in [1.82, 2.24) is 9.29 Å². The summed E-state index contributed by atoms with van der Waals surface area (Å²) in [5.41, 5.74) is 0.846. The summed E-state index contributed by atoms with van der Waals surface area (Å²) in [6.07, 6.45) is 1.13. The first-order chi connectivity index (χ1) is 12.8. The molecular formula is C18H20ClN3O4S. The predicted molar refractivity (Wildman–Crippen MR) is 102 cm³/mol. The molecule has 1 aliphatic heterocycles. The number of hydrogen-bond acceptors (Lipinski definition) is 5. The molecule has 27 heavy (non-hydrogen) atoms. The average Bonchev–Trinajstić information content (AvgIpc) is 2.61. The lowest BCUT2D eigenvalue weighted by atomic mass is 10.2. The zero-order chi connectivity index (χ0) is 19.6. The molecule has 0 spiro atoms. The number of ether oxygens (including phenoxy) is 1. The second-order valence-electron chi connectivity index (χ2n) is 6.43. The normalized spacial score (nSPS) is 21.0. The van der Waals surface area contributed by atoms with Gasteiger partial charge in [0.25, 0.3) is 5.91 Å². The maximum absolute atomic E-state index is 12.8. The van der Waals surface area contributed by atoms with Gasteiger partial charge in [0.15, 0.2) is 0 Å². The van der Waals surface area contributed by atoms with Gasteiger partial charge in [-0.05, 0) is 50.2 Å². The minimum atomic E-state index is -3.62. The molecular weight excluding hydrogens is 390 g/mol. The fourth-order valence-corrected chi connectivity index (χ4v) is 4.70. The molecule has 0 bridgehead atoms. The molecule has 2 atom stereocenters. The number of morpholine rings is 1. The smallest absolute Gasteiger partial charge is 0.255 e. The summed E-state index contributed by atoms with van der Waals surface area (Å²) in [6, 6.07) is 9.07. The molecule has 144 valence electrons. The second-order valence-corrected chi connectivity index (χ2v) is 8.75. The van der Waals surface area contributed by atoms with Crippen LogP contribution >= 0.6 is 11.6 Å². The minimum Gasteiger partial charge on any atom is -0.373 e. The standard InChI is InChI=1S/C18H20ClN3O4S/c1-12-10-22(11-13(2)26-12)27(24,25)16-5-3-15(4-6-16)21-18(23)14-7-8-20-17(19)9-14/h3-9,12-13H,10-11H2,1-2H3,(H,21,23). The number of carbonyl (C=O) groups excluding carboxylic acids is 1. The van der Waals surface area contributed by atoms with Gasteiger partial charge in [-0.2, -0.15) is 4.31 Å². The molecule has 1 amide bonds. The number of hydrogen-bond donors (Lipinski definition) is 1. The van der Waals surface area contributed by atoms with Crippen LogP contribution in [0.25, 0.3) is 0 Å². The highest BCUT2D eigenvalue weighted by Gasteiger charge is 2.32. The van der Waals surface area contributed by atoms with Crippen molar-refractivity contribution in [3.05, 3.63) is 53.3 Å². The number of rotatable bonds is 4. The molecule has 0 radical (unpaired) electrons. The van der Waals surface area contributed by atoms with E-state index in [4.69, 9.17) is 16.3 Å². The number of aromatic nitrogens is 1. The maximum atomic E-state index is 12.8. The van der Waals surface area contributed by atoms with E-state index in [9.17, 15) is 13.2 Å². The molecule has 7 nitrogen and oxygen atoms in total. The molecule has 3 rings (SSSR count). The molecule has 1 N–H and O–H groups in total. The van der Waals surface area contributed by atoms with Gasteiger partial charge in [-0.3, -0.25) is 4.79 Å². The largest absolute Gasteiger partial charge is 0.373 e. The van der Waals surface area contributed by atoms with E-state index in [1.165, 1.54) is 28.7 Å². The van der Waals surface area contributed by atoms with Crippen LogP contribution in [-0.2, 0) is 14.8 Å². The average molecular weight is 410 g/mol. The predicted octanol–water partition coefficient (Wildman–Crippen LogP) is 2.79. The van der Waals surface area contributed by atoms with Gasteiger partial charge in [0.1, 0.15) is 5.15 Å². The molecule has 9 heteroatoms. The summed E-state index contributed by atoms with van der Waals surface area (Å²) in [5.74, 6) is -0.356. The van der Waals surface area contributed by atoms with Gasteiger partial charge in [-0.25, -0.2) is 13.4 Å². The molecule has 1 aromatic heterocycles. The van der Waals surface area contributed by atoms with Gasteiger partial charge in [0.2, 0.25) is 10.0 Å². The first kappa shape index (κ1) is 19.8. The van der Waals surface area contributed by atoms with Crippen molar-refractivity contribution in [2.75, 3.05) is 18.4 Å². The molecule has 1 fully saturated rings. The topological polar surface area (TPSA) is 88.6 Å². The van der Waals surface area contributed by atoms with Gasteiger partial charge < -0.3 is 10.1 Å². The fraction of sp³-hybridized carbons (Fsp3) is 0.333. The number of carbonyl (C=O) groups is 1. The van der Waals surface area contributed by atoms with Crippen LogP contribution in [0.15, 0.2) is 47.5 Å². The van der Waals surface area contributed by atoms with Crippen molar-refractivity contribution < 1.29 is 17.9 Å². The molecule has 2 aromatic rings. The van der Waals surface area contributed by atoms with E-state index in [0.29, 0.717) is 24.3 Å². The van der Waals surface area contributed by atoms with E-state index in [1.54, 1.807) is 18.2 Å². The summed E-state index contributed by atoms with van der Waals surface area (Å²) >= 11 is 5.79. The summed E-state index contributed by atoms with van der Waals surface area (Å²) in [6.45, 7) is 4.33. The highest BCUT2D eigenvalue weighted by Crippen LogP contribution is 2.22. The van der Waals surface area contributed by atoms with Crippen molar-refractivity contribution in [1.29, 1.82) is 0 Å². The summed E-state index contributed by atoms with van der Waals surface area (Å²) < 4.78 is 32.7. The third-order valence-corrected chi connectivity index (χ3v) is 6.18. The molecule has 2 unspecified atom stereocenters. The Kier molecular flexibility index (Phi) is 5.81. The fourth-order valence-electron chi connectivity index (χ4n) is 2.93. The van der Waals surface area contributed by atoms with Crippen LogP contribution < -0.4 is 5.32 Å². The van der Waals surface area contributed by atoms with Crippen molar-refractivity contribution in [2.45, 2.75) is 31.0 Å². The molecule has 0 saturated carbocycles. The van der Waals surface area contributed by atoms with Crippen LogP contribution in [-0.4, -0.2) is 48.9 Å². The Bertz CT molecular complexity index is 924. The Morgan fingerprint density at radius 1 is 1.19 bits per heavy atom. The number of nitrogens with one attached hydrogen (secondary N) is 1. The van der Waals surface area contributed by atoms with E-state index >= 15 is 0 Å². The monoisotopic (exact) mass is 409 g/mol. The Hall–Kier alpha value is -2.00. The number of halogens is 1. The third-order valence-electron chi connectivity index (χ3n) is 4.12. The number of amides is 1. The van der Waals surface area contributed by atoms with Crippen LogP contribution in [0.1, 0.15) is 24.2 Å². The minimum absolute atomic E-state index is 0.158. The van der Waals surface area contributed by atoms with Crippen LogP contribution in [0, 0.1) is 0 Å². The van der Waals surface area contributed by atoms with E-state index in [1.807, 2.05) is 13.8 Å². The van der Waals surface area contributed by atoms with E-state index in [0.717, 1.165) is 0 Å². The number of nitrogens with zero attached hydrogens (tertiary/aromatic N) is 2. The Morgan fingerprint density at radius 2 is 1.81 bits per heavy atom. The zero-order valence-electron chi connectivity index (χ0n) is 14.9. The van der Waals surface area contributed by atoms with Gasteiger partial charge >= 0.3 is 0 Å². The third kappa shape index (κ3) is 4.65. The lowest BCUT2D eigenvalue weighted by Gasteiger charge is -2.34. The van der Waals surface area contributed by atoms with E-state index < -0.39 is 10.0 Å². The molecule has 2 heterocycles. The first-order valence-electron chi connectivity index (χ1n) is 8.44. The van der Waals surface area contributed by atoms with Gasteiger partial charge in [0.05, 0.1) is 17.1 Å². The van der Waals surface area contributed by atoms with Gasteiger partial charge in [-0.1, -0.05) is 11.6 Å². The molecule has 1 aliphatic rings. The Balaban J connectivity index is 1.74. The van der Waals surface area contributed by atoms with Crippen molar-refractivity contribution in [3.63, 3.8) is 0 Å². The van der Waals surface area contributed by atoms with Crippen LogP contribution in [0.2, 0.25) is 5.15 Å². The second kappa shape index (κ2) is 7.93. The Morgan fingerprint density at radius 3 is 2.41 bits per heavy atom. The highest BCUT2D eigenvalue weighted by molar-refractivity contribution is 7.89. The number of anilines is 1. The van der Waals surface area contributed by atoms with Crippen LogP contribution in [0.3, 0.4) is 0 Å². The van der Waals surface area contributed by atoms with Gasteiger partial charge in [0, 0.05) is 30.5 Å². The van der Waals surface area contributed by atoms with Crippen molar-refractivity contribution in [3.8, 4) is 0 Å². The highest BCUT2D eigenvalue weighted by atomic mass is 35.5. The van der Waals surface area contributed by atoms with Crippen molar-refractivity contribution >= 4 is 33.2 Å². The number of sulfonamides is 1. The van der Waals surface area contributed by atoms with E-state index in [-0.39, 0.29) is 28.2 Å². The summed E-state index contributed by atoms with van der Waals surface area (Å²) in [4.78, 5) is 16.2. The quantitative estimate of drug-likeness (QED) is 0.784. The SMILES string of the molecule is CC1CN(S(=O)(=O)c2ccc(NC(=O)c3ccnc(Cl)c3)cc2)CC(C)O1. The summed E-state index contributed by atoms with van der Waals surface area (Å²) in [5, 5.41) is 2.92. The molecule has 0 aliphatic carbocycles. The summed E-state index contributed by atoms with van der Waals surface area (Å²) in [7, 11) is -3.62. The lowest BCUT2D eigenvalue weighted by molar-refractivity contribution is -0.0440. The van der Waals surface area contributed by atoms with Gasteiger partial charge in [-0.15, -0.1) is 0 Å². The molecule has 1 saturated heterocycles.